The Bertz CT molecular complexity index is 997. The molecule has 0 fully saturated rings. The first-order valence-electron chi connectivity index (χ1n) is 8.28. The van der Waals surface area contributed by atoms with Gasteiger partial charge in [-0.05, 0) is 54.8 Å². The van der Waals surface area contributed by atoms with E-state index in [1.54, 1.807) is 42.5 Å². The van der Waals surface area contributed by atoms with Gasteiger partial charge >= 0.3 is 0 Å². The number of halogens is 1. The van der Waals surface area contributed by atoms with Crippen molar-refractivity contribution in [1.82, 2.24) is 0 Å². The van der Waals surface area contributed by atoms with E-state index < -0.39 is 10.0 Å². The van der Waals surface area contributed by atoms with Crippen molar-refractivity contribution < 1.29 is 8.42 Å². The van der Waals surface area contributed by atoms with Crippen LogP contribution in [0.2, 0.25) is 5.02 Å². The highest BCUT2D eigenvalue weighted by Crippen LogP contribution is 2.32. The van der Waals surface area contributed by atoms with Crippen LogP contribution in [0.1, 0.15) is 16.7 Å². The molecule has 0 aromatic heterocycles. The highest BCUT2D eigenvalue weighted by Gasteiger charge is 2.27. The Morgan fingerprint density at radius 2 is 1.46 bits per heavy atom. The largest absolute Gasteiger partial charge is 0.264 e. The Morgan fingerprint density at radius 1 is 0.846 bits per heavy atom. The minimum Gasteiger partial charge on any atom is -0.261 e. The number of benzene rings is 3. The average molecular weight is 386 g/mol. The van der Waals surface area contributed by atoms with E-state index in [1.807, 2.05) is 44.2 Å². The summed E-state index contributed by atoms with van der Waals surface area (Å²) in [6.45, 7) is 4.06. The van der Waals surface area contributed by atoms with Crippen LogP contribution in [0.5, 0.6) is 0 Å². The van der Waals surface area contributed by atoms with Gasteiger partial charge in [-0.1, -0.05) is 60.1 Å². The van der Waals surface area contributed by atoms with Crippen LogP contribution in [0.15, 0.2) is 77.7 Å². The van der Waals surface area contributed by atoms with Crippen molar-refractivity contribution in [3.05, 3.63) is 94.5 Å². The Labute approximate surface area is 159 Å². The molecule has 0 spiro atoms. The van der Waals surface area contributed by atoms with Gasteiger partial charge in [0.1, 0.15) is 0 Å². The van der Waals surface area contributed by atoms with Gasteiger partial charge in [0.2, 0.25) is 0 Å². The first-order chi connectivity index (χ1) is 12.4. The number of aryl methyl sites for hydroxylation is 2. The van der Waals surface area contributed by atoms with Crippen molar-refractivity contribution in [3.8, 4) is 0 Å². The third-order valence-electron chi connectivity index (χ3n) is 4.24. The Kier molecular flexibility index (Phi) is 5.35. The molecule has 0 bridgehead atoms. The lowest BCUT2D eigenvalue weighted by Crippen LogP contribution is -2.31. The molecule has 134 valence electrons. The summed E-state index contributed by atoms with van der Waals surface area (Å²) >= 11 is 6.10. The maximum atomic E-state index is 13.4. The lowest BCUT2D eigenvalue weighted by molar-refractivity contribution is 0.590. The predicted molar refractivity (Wildman–Crippen MR) is 107 cm³/mol. The number of sulfonamides is 1. The minimum atomic E-state index is -3.72. The van der Waals surface area contributed by atoms with Gasteiger partial charge in [0.25, 0.3) is 10.0 Å². The maximum absolute atomic E-state index is 13.4. The molecule has 0 amide bonds. The van der Waals surface area contributed by atoms with Gasteiger partial charge in [-0.3, -0.25) is 4.31 Å². The van der Waals surface area contributed by atoms with Crippen molar-refractivity contribution in [2.45, 2.75) is 25.3 Å². The fraction of sp³-hybridized carbons (Fsp3) is 0.143. The Balaban J connectivity index is 2.16. The summed E-state index contributed by atoms with van der Waals surface area (Å²) in [5.74, 6) is 0. The molecule has 3 aromatic carbocycles. The minimum absolute atomic E-state index is 0.212. The maximum Gasteiger partial charge on any atom is 0.264 e. The molecule has 5 heteroatoms. The monoisotopic (exact) mass is 385 g/mol. The van der Waals surface area contributed by atoms with Gasteiger partial charge < -0.3 is 0 Å². The number of nitrogens with zero attached hydrogens (tertiary/aromatic N) is 1. The highest BCUT2D eigenvalue weighted by atomic mass is 35.5. The van der Waals surface area contributed by atoms with Crippen molar-refractivity contribution in [2.75, 3.05) is 4.31 Å². The third-order valence-corrected chi connectivity index (χ3v) is 6.23. The van der Waals surface area contributed by atoms with E-state index in [0.717, 1.165) is 16.7 Å². The molecule has 0 atom stereocenters. The molecule has 0 heterocycles. The molecule has 0 N–H and O–H groups in total. The van der Waals surface area contributed by atoms with E-state index >= 15 is 0 Å². The van der Waals surface area contributed by atoms with Crippen molar-refractivity contribution in [1.29, 1.82) is 0 Å². The molecule has 0 saturated carbocycles. The molecular formula is C21H20ClNO2S. The molecule has 3 aromatic rings. The fourth-order valence-corrected chi connectivity index (χ4v) is 4.82. The van der Waals surface area contributed by atoms with Gasteiger partial charge in [-0.2, -0.15) is 0 Å². The second-order valence-electron chi connectivity index (χ2n) is 6.20. The molecule has 0 unspecified atom stereocenters. The summed E-state index contributed by atoms with van der Waals surface area (Å²) in [6.07, 6.45) is 0. The molecule has 0 aliphatic heterocycles. The smallest absolute Gasteiger partial charge is 0.261 e. The lowest BCUT2D eigenvalue weighted by atomic mass is 10.1. The van der Waals surface area contributed by atoms with Crippen LogP contribution >= 0.6 is 11.6 Å². The number of anilines is 1. The zero-order valence-corrected chi connectivity index (χ0v) is 16.3. The van der Waals surface area contributed by atoms with E-state index in [1.165, 1.54) is 4.31 Å². The second kappa shape index (κ2) is 7.52. The Morgan fingerprint density at radius 3 is 2.08 bits per heavy atom. The van der Waals surface area contributed by atoms with Gasteiger partial charge in [0.05, 0.1) is 17.1 Å². The molecule has 3 nitrogen and oxygen atoms in total. The summed E-state index contributed by atoms with van der Waals surface area (Å²) in [5.41, 5.74) is 3.36. The van der Waals surface area contributed by atoms with Crippen LogP contribution in [0, 0.1) is 13.8 Å². The van der Waals surface area contributed by atoms with Gasteiger partial charge in [-0.25, -0.2) is 8.42 Å². The lowest BCUT2D eigenvalue weighted by Gasteiger charge is -2.28. The number of rotatable bonds is 5. The normalized spacial score (nSPS) is 11.3. The topological polar surface area (TPSA) is 37.4 Å². The van der Waals surface area contributed by atoms with Crippen molar-refractivity contribution in [2.24, 2.45) is 0 Å². The molecule has 0 aliphatic rings. The van der Waals surface area contributed by atoms with Crippen LogP contribution < -0.4 is 4.31 Å². The van der Waals surface area contributed by atoms with Crippen LogP contribution in [0.3, 0.4) is 0 Å². The Hall–Kier alpha value is -2.30. The van der Waals surface area contributed by atoms with Crippen LogP contribution in [-0.2, 0) is 16.6 Å². The summed E-state index contributed by atoms with van der Waals surface area (Å²) in [5, 5.41) is 0.584. The molecule has 0 aliphatic carbocycles. The van der Waals surface area contributed by atoms with E-state index in [0.29, 0.717) is 10.7 Å². The van der Waals surface area contributed by atoms with Crippen molar-refractivity contribution in [3.63, 3.8) is 0 Å². The average Bonchev–Trinajstić information content (AvgIpc) is 2.61. The quantitative estimate of drug-likeness (QED) is 0.593. The fourth-order valence-electron chi connectivity index (χ4n) is 3.00. The zero-order valence-electron chi connectivity index (χ0n) is 14.7. The SMILES string of the molecule is Cc1cccc(C)c1N(Cc1cccc(Cl)c1)S(=O)(=O)c1ccccc1. The summed E-state index contributed by atoms with van der Waals surface area (Å²) in [7, 11) is -3.72. The first-order valence-corrected chi connectivity index (χ1v) is 10.1. The van der Waals surface area contributed by atoms with Crippen LogP contribution in [-0.4, -0.2) is 8.42 Å². The van der Waals surface area contributed by atoms with E-state index in [4.69, 9.17) is 11.6 Å². The van der Waals surface area contributed by atoms with Crippen molar-refractivity contribution >= 4 is 27.3 Å². The standard InChI is InChI=1S/C21H20ClNO2S/c1-16-8-6-9-17(2)21(16)23(15-18-10-7-11-19(22)14-18)26(24,25)20-12-4-3-5-13-20/h3-14H,15H2,1-2H3. The van der Waals surface area contributed by atoms with Crippen LogP contribution in [0.4, 0.5) is 5.69 Å². The van der Waals surface area contributed by atoms with E-state index in [9.17, 15) is 8.42 Å². The van der Waals surface area contributed by atoms with E-state index in [2.05, 4.69) is 0 Å². The zero-order chi connectivity index (χ0) is 18.7. The predicted octanol–water partition coefficient (Wildman–Crippen LogP) is 5.35. The molecule has 3 rings (SSSR count). The van der Waals surface area contributed by atoms with E-state index in [-0.39, 0.29) is 11.4 Å². The molecule has 0 radical (unpaired) electrons. The number of para-hydroxylation sites is 1. The molecule has 0 saturated heterocycles. The third kappa shape index (κ3) is 3.76. The van der Waals surface area contributed by atoms with Gasteiger partial charge in [0.15, 0.2) is 0 Å². The molecule has 26 heavy (non-hydrogen) atoms. The first kappa shape index (κ1) is 18.5. The number of hydrogen-bond donors (Lipinski definition) is 0. The molecular weight excluding hydrogens is 366 g/mol. The second-order valence-corrected chi connectivity index (χ2v) is 8.49. The van der Waals surface area contributed by atoms with Gasteiger partial charge in [-0.15, -0.1) is 0 Å². The highest BCUT2D eigenvalue weighted by molar-refractivity contribution is 7.92. The summed E-state index contributed by atoms with van der Waals surface area (Å²) < 4.78 is 28.3. The van der Waals surface area contributed by atoms with Crippen LogP contribution in [0.25, 0.3) is 0 Å². The number of hydrogen-bond acceptors (Lipinski definition) is 2. The summed E-state index contributed by atoms with van der Waals surface area (Å²) in [4.78, 5) is 0.268. The van der Waals surface area contributed by atoms with Gasteiger partial charge in [0, 0.05) is 5.02 Å². The summed E-state index contributed by atoms with van der Waals surface area (Å²) in [6, 6.07) is 21.6.